The number of methoxy groups -OCH3 is 1. The molecule has 0 unspecified atom stereocenters. The second kappa shape index (κ2) is 16.6. The molecule has 0 N–H and O–H groups in total. The number of hydrogen-bond acceptors (Lipinski definition) is 4. The van der Waals surface area contributed by atoms with Crippen molar-refractivity contribution in [2.24, 2.45) is 0 Å². The number of nitrogens with zero attached hydrogens (tertiary/aromatic N) is 1. The van der Waals surface area contributed by atoms with Gasteiger partial charge in [0.15, 0.2) is 5.75 Å². The zero-order chi connectivity index (χ0) is 28.7. The van der Waals surface area contributed by atoms with E-state index in [-0.39, 0.29) is 11.3 Å². The molecule has 0 aliphatic rings. The summed E-state index contributed by atoms with van der Waals surface area (Å²) in [5.74, 6) is 1.47. The first-order valence-electron chi connectivity index (χ1n) is 14.8. The Morgan fingerprint density at radius 1 is 0.875 bits per heavy atom. The highest BCUT2D eigenvalue weighted by Crippen LogP contribution is 2.35. The maximum Gasteiger partial charge on any atom is 0.297 e. The quantitative estimate of drug-likeness (QED) is 0.125. The standard InChI is InChI=1S/C35H47NO4/c1-6-7-8-9-10-14-23-36-32-25-30(40-26-29-18-12-11-13-19-29)20-21-31(32)33(34(38-5)35(36)37)39-24-22-28(4)17-15-16-27(2)3/h11-13,16,18-22,25H,6-10,14-15,17,23-24,26H2,1-5H3/b28-22+. The van der Waals surface area contributed by atoms with Gasteiger partial charge in [-0.25, -0.2) is 0 Å². The summed E-state index contributed by atoms with van der Waals surface area (Å²) in [5.41, 5.74) is 4.33. The lowest BCUT2D eigenvalue weighted by Gasteiger charge is -2.18. The molecule has 5 nitrogen and oxygen atoms in total. The van der Waals surface area contributed by atoms with Crippen LogP contribution in [0.25, 0.3) is 10.9 Å². The number of rotatable bonds is 17. The number of aryl methyl sites for hydroxylation is 1. The van der Waals surface area contributed by atoms with Crippen LogP contribution in [0, 0.1) is 0 Å². The van der Waals surface area contributed by atoms with Gasteiger partial charge in [0.2, 0.25) is 5.75 Å². The summed E-state index contributed by atoms with van der Waals surface area (Å²) in [4.78, 5) is 13.7. The van der Waals surface area contributed by atoms with Crippen LogP contribution in [0.15, 0.2) is 76.6 Å². The molecule has 0 aliphatic carbocycles. The molecule has 2 aromatic carbocycles. The van der Waals surface area contributed by atoms with Crippen LogP contribution in [-0.4, -0.2) is 18.3 Å². The van der Waals surface area contributed by atoms with Gasteiger partial charge in [-0.1, -0.05) is 86.6 Å². The van der Waals surface area contributed by atoms with E-state index in [1.807, 2.05) is 53.1 Å². The smallest absolute Gasteiger partial charge is 0.297 e. The highest BCUT2D eigenvalue weighted by Gasteiger charge is 2.19. The number of fused-ring (bicyclic) bond motifs is 1. The topological polar surface area (TPSA) is 49.7 Å². The summed E-state index contributed by atoms with van der Waals surface area (Å²) in [6.45, 7) is 10.0. The molecule has 3 rings (SSSR count). The van der Waals surface area contributed by atoms with Crippen molar-refractivity contribution in [3.8, 4) is 17.2 Å². The minimum atomic E-state index is -0.164. The predicted molar refractivity (Wildman–Crippen MR) is 167 cm³/mol. The molecule has 0 atom stereocenters. The molecule has 40 heavy (non-hydrogen) atoms. The lowest BCUT2D eigenvalue weighted by atomic mass is 10.1. The summed E-state index contributed by atoms with van der Waals surface area (Å²) in [6, 6.07) is 16.0. The van der Waals surface area contributed by atoms with Crippen LogP contribution in [0.5, 0.6) is 17.2 Å². The SMILES string of the molecule is CCCCCCCCn1c(=O)c(OC)c(OC/C=C(\C)CCC=C(C)C)c2ccc(OCc3ccccc3)cc21. The summed E-state index contributed by atoms with van der Waals surface area (Å²) in [7, 11) is 1.54. The van der Waals surface area contributed by atoms with E-state index in [0.29, 0.717) is 25.5 Å². The average molecular weight is 546 g/mol. The molecular formula is C35H47NO4. The van der Waals surface area contributed by atoms with E-state index in [0.717, 1.165) is 47.9 Å². The van der Waals surface area contributed by atoms with Crippen molar-refractivity contribution in [2.45, 2.75) is 92.2 Å². The van der Waals surface area contributed by atoms with Gasteiger partial charge in [-0.05, 0) is 63.8 Å². The molecule has 0 amide bonds. The van der Waals surface area contributed by atoms with Gasteiger partial charge in [-0.15, -0.1) is 0 Å². The van der Waals surface area contributed by atoms with E-state index >= 15 is 0 Å². The third-order valence-corrected chi connectivity index (χ3v) is 7.09. The summed E-state index contributed by atoms with van der Waals surface area (Å²) < 4.78 is 19.9. The van der Waals surface area contributed by atoms with Gasteiger partial charge < -0.3 is 18.8 Å². The van der Waals surface area contributed by atoms with Crippen molar-refractivity contribution in [3.05, 3.63) is 87.7 Å². The Morgan fingerprint density at radius 3 is 2.35 bits per heavy atom. The van der Waals surface area contributed by atoms with Gasteiger partial charge in [0.1, 0.15) is 19.0 Å². The predicted octanol–water partition coefficient (Wildman–Crippen LogP) is 9.02. The molecule has 0 fully saturated rings. The van der Waals surface area contributed by atoms with Crippen molar-refractivity contribution in [3.63, 3.8) is 0 Å². The monoisotopic (exact) mass is 545 g/mol. The third-order valence-electron chi connectivity index (χ3n) is 7.09. The van der Waals surface area contributed by atoms with Gasteiger partial charge in [0.05, 0.1) is 12.6 Å². The average Bonchev–Trinajstić information content (AvgIpc) is 2.95. The minimum Gasteiger partial charge on any atom is -0.489 e. The maximum absolute atomic E-state index is 13.7. The van der Waals surface area contributed by atoms with Crippen molar-refractivity contribution in [1.29, 1.82) is 0 Å². The van der Waals surface area contributed by atoms with Gasteiger partial charge in [-0.2, -0.15) is 0 Å². The van der Waals surface area contributed by atoms with Gasteiger partial charge in [-0.3, -0.25) is 4.79 Å². The number of aromatic nitrogens is 1. The Balaban J connectivity index is 1.90. The van der Waals surface area contributed by atoms with Crippen LogP contribution in [0.2, 0.25) is 0 Å². The van der Waals surface area contributed by atoms with Gasteiger partial charge in [0, 0.05) is 18.0 Å². The number of benzene rings is 2. The van der Waals surface area contributed by atoms with Crippen LogP contribution < -0.4 is 19.8 Å². The Labute approximate surface area is 240 Å². The highest BCUT2D eigenvalue weighted by atomic mass is 16.5. The highest BCUT2D eigenvalue weighted by molar-refractivity contribution is 5.89. The van der Waals surface area contributed by atoms with E-state index < -0.39 is 0 Å². The number of ether oxygens (including phenoxy) is 3. The van der Waals surface area contributed by atoms with E-state index in [1.165, 1.54) is 36.8 Å². The zero-order valence-electron chi connectivity index (χ0n) is 25.1. The Kier molecular flexibility index (Phi) is 12.9. The van der Waals surface area contributed by atoms with E-state index in [1.54, 1.807) is 7.11 Å². The van der Waals surface area contributed by atoms with Crippen LogP contribution in [0.1, 0.15) is 84.6 Å². The lowest BCUT2D eigenvalue weighted by molar-refractivity contribution is 0.306. The molecule has 0 saturated carbocycles. The largest absolute Gasteiger partial charge is 0.489 e. The van der Waals surface area contributed by atoms with E-state index in [4.69, 9.17) is 14.2 Å². The number of unbranched alkanes of at least 4 members (excludes halogenated alkanes) is 5. The lowest BCUT2D eigenvalue weighted by Crippen LogP contribution is -2.23. The first-order valence-corrected chi connectivity index (χ1v) is 14.8. The molecule has 1 aromatic heterocycles. The fourth-order valence-corrected chi connectivity index (χ4v) is 4.76. The molecule has 5 heteroatoms. The zero-order valence-corrected chi connectivity index (χ0v) is 25.1. The van der Waals surface area contributed by atoms with Crippen molar-refractivity contribution < 1.29 is 14.2 Å². The molecule has 1 heterocycles. The Bertz CT molecular complexity index is 1320. The number of allylic oxidation sites excluding steroid dienone is 3. The Hall–Kier alpha value is -3.47. The van der Waals surface area contributed by atoms with Gasteiger partial charge in [0.25, 0.3) is 5.56 Å². The van der Waals surface area contributed by atoms with E-state index in [2.05, 4.69) is 39.8 Å². The Morgan fingerprint density at radius 2 is 1.62 bits per heavy atom. The normalized spacial score (nSPS) is 11.5. The summed E-state index contributed by atoms with van der Waals surface area (Å²) in [5, 5.41) is 0.852. The summed E-state index contributed by atoms with van der Waals surface area (Å²) in [6.07, 6.45) is 13.3. The number of pyridine rings is 1. The molecule has 0 radical (unpaired) electrons. The second-order valence-corrected chi connectivity index (χ2v) is 10.7. The molecule has 0 spiro atoms. The fraction of sp³-hybridized carbons (Fsp3) is 0.457. The van der Waals surface area contributed by atoms with Crippen molar-refractivity contribution in [2.75, 3.05) is 13.7 Å². The fourth-order valence-electron chi connectivity index (χ4n) is 4.76. The first-order chi connectivity index (χ1) is 19.4. The van der Waals surface area contributed by atoms with Crippen LogP contribution in [-0.2, 0) is 13.2 Å². The van der Waals surface area contributed by atoms with Crippen LogP contribution in [0.4, 0.5) is 0 Å². The van der Waals surface area contributed by atoms with Gasteiger partial charge >= 0.3 is 0 Å². The molecule has 3 aromatic rings. The number of hydrogen-bond donors (Lipinski definition) is 0. The third kappa shape index (κ3) is 9.32. The second-order valence-electron chi connectivity index (χ2n) is 10.7. The molecule has 0 aliphatic heterocycles. The maximum atomic E-state index is 13.7. The molecule has 0 bridgehead atoms. The van der Waals surface area contributed by atoms with Crippen molar-refractivity contribution in [1.82, 2.24) is 4.57 Å². The minimum absolute atomic E-state index is 0.164. The molecule has 0 saturated heterocycles. The first kappa shape index (κ1) is 31.1. The van der Waals surface area contributed by atoms with Crippen LogP contribution in [0.3, 0.4) is 0 Å². The molecule has 216 valence electrons. The van der Waals surface area contributed by atoms with Crippen molar-refractivity contribution >= 4 is 10.9 Å². The summed E-state index contributed by atoms with van der Waals surface area (Å²) >= 11 is 0. The van der Waals surface area contributed by atoms with Crippen LogP contribution >= 0.6 is 0 Å². The van der Waals surface area contributed by atoms with E-state index in [9.17, 15) is 4.79 Å². The molecular weight excluding hydrogens is 498 g/mol.